The van der Waals surface area contributed by atoms with Gasteiger partial charge in [0.05, 0.1) is 36.6 Å². The first kappa shape index (κ1) is 23.7. The summed E-state index contributed by atoms with van der Waals surface area (Å²) in [6, 6.07) is 20.5. The molecule has 1 aliphatic heterocycles. The minimum absolute atomic E-state index is 0.0199. The van der Waals surface area contributed by atoms with Gasteiger partial charge in [-0.25, -0.2) is 14.5 Å². The van der Waals surface area contributed by atoms with Gasteiger partial charge in [-0.1, -0.05) is 43.7 Å². The summed E-state index contributed by atoms with van der Waals surface area (Å²) in [4.78, 5) is 20.1. The predicted octanol–water partition coefficient (Wildman–Crippen LogP) is 5.54. The number of esters is 1. The van der Waals surface area contributed by atoms with Gasteiger partial charge in [0.2, 0.25) is 0 Å². The normalized spacial score (nSPS) is 17.0. The van der Waals surface area contributed by atoms with Crippen LogP contribution in [-0.2, 0) is 14.9 Å². The Kier molecular flexibility index (Phi) is 6.16. The maximum atomic E-state index is 12.9. The van der Waals surface area contributed by atoms with Gasteiger partial charge in [-0.2, -0.15) is 5.10 Å². The molecule has 0 amide bonds. The van der Waals surface area contributed by atoms with Gasteiger partial charge in [0.15, 0.2) is 11.3 Å². The van der Waals surface area contributed by atoms with Crippen molar-refractivity contribution < 1.29 is 14.3 Å². The van der Waals surface area contributed by atoms with Crippen molar-refractivity contribution >= 4 is 22.7 Å². The highest BCUT2D eigenvalue weighted by molar-refractivity contribution is 6.01. The molecule has 7 nitrogen and oxygen atoms in total. The molecule has 3 heterocycles. The zero-order chi connectivity index (χ0) is 25.4. The second kappa shape index (κ2) is 9.63. The Hall–Kier alpha value is -3.71. The van der Waals surface area contributed by atoms with Crippen LogP contribution in [0.15, 0.2) is 60.7 Å². The number of morpholine rings is 1. The average Bonchev–Trinajstić information content (AvgIpc) is 3.32. The van der Waals surface area contributed by atoms with E-state index in [1.807, 2.05) is 48.0 Å². The molecule has 0 unspecified atom stereocenters. The van der Waals surface area contributed by atoms with E-state index < -0.39 is 5.97 Å². The van der Waals surface area contributed by atoms with E-state index in [2.05, 4.69) is 36.1 Å². The summed E-state index contributed by atoms with van der Waals surface area (Å²) >= 11 is 0. The number of benzene rings is 2. The lowest BCUT2D eigenvalue weighted by Gasteiger charge is -2.37. The lowest BCUT2D eigenvalue weighted by molar-refractivity contribution is 0.0520. The Morgan fingerprint density at radius 1 is 1.03 bits per heavy atom. The van der Waals surface area contributed by atoms with E-state index in [0.717, 1.165) is 67.0 Å². The molecule has 1 aliphatic carbocycles. The van der Waals surface area contributed by atoms with Crippen LogP contribution < -0.4 is 4.90 Å². The molecule has 0 N–H and O–H groups in total. The highest BCUT2D eigenvalue weighted by Gasteiger charge is 2.39. The molecular weight excluding hydrogens is 464 g/mol. The molecule has 0 spiro atoms. The zero-order valence-corrected chi connectivity index (χ0v) is 21.4. The number of fused-ring (bicyclic) bond motifs is 1. The number of anilines is 1. The molecule has 2 aromatic carbocycles. The van der Waals surface area contributed by atoms with Gasteiger partial charge in [0, 0.05) is 24.2 Å². The number of pyridine rings is 1. The molecule has 1 saturated heterocycles. The number of aromatic nitrogens is 3. The monoisotopic (exact) mass is 496 g/mol. The zero-order valence-electron chi connectivity index (χ0n) is 21.4. The van der Waals surface area contributed by atoms with Crippen LogP contribution in [-0.4, -0.2) is 53.6 Å². The molecule has 0 radical (unpaired) electrons. The Bertz CT molecular complexity index is 1420. The fraction of sp³-hybridized carbons (Fsp3) is 0.367. The van der Waals surface area contributed by atoms with Crippen molar-refractivity contribution in [2.45, 2.75) is 38.5 Å². The molecule has 7 heteroatoms. The quantitative estimate of drug-likeness (QED) is 0.326. The number of carbonyl (C=O) groups excluding carboxylic acids is 1. The van der Waals surface area contributed by atoms with Crippen LogP contribution in [0.5, 0.6) is 0 Å². The van der Waals surface area contributed by atoms with E-state index >= 15 is 0 Å². The van der Waals surface area contributed by atoms with Crippen LogP contribution >= 0.6 is 0 Å². The van der Waals surface area contributed by atoms with E-state index in [0.29, 0.717) is 17.9 Å². The lowest BCUT2D eigenvalue weighted by atomic mass is 9.67. The number of nitrogens with zero attached hydrogens (tertiary/aromatic N) is 4. The fourth-order valence-electron chi connectivity index (χ4n) is 5.44. The Morgan fingerprint density at radius 2 is 1.76 bits per heavy atom. The maximum Gasteiger partial charge on any atom is 0.357 e. The van der Waals surface area contributed by atoms with Crippen molar-refractivity contribution in [1.29, 1.82) is 0 Å². The second-order valence-corrected chi connectivity index (χ2v) is 10.1. The summed E-state index contributed by atoms with van der Waals surface area (Å²) in [5.74, 6) is -0.423. The Balaban J connectivity index is 1.57. The van der Waals surface area contributed by atoms with E-state index in [1.165, 1.54) is 12.1 Å². The molecule has 0 atom stereocenters. The van der Waals surface area contributed by atoms with Crippen LogP contribution in [0.25, 0.3) is 27.8 Å². The van der Waals surface area contributed by atoms with Crippen LogP contribution in [0.2, 0.25) is 0 Å². The molecule has 190 valence electrons. The summed E-state index contributed by atoms with van der Waals surface area (Å²) in [5, 5.41) is 6.17. The summed E-state index contributed by atoms with van der Waals surface area (Å²) in [7, 11) is 0. The van der Waals surface area contributed by atoms with Crippen molar-refractivity contribution in [3.63, 3.8) is 0 Å². The number of hydrogen-bond acceptors (Lipinski definition) is 6. The topological polar surface area (TPSA) is 69.5 Å². The smallest absolute Gasteiger partial charge is 0.357 e. The van der Waals surface area contributed by atoms with Gasteiger partial charge in [-0.3, -0.25) is 0 Å². The second-order valence-electron chi connectivity index (χ2n) is 10.1. The largest absolute Gasteiger partial charge is 0.461 e. The highest BCUT2D eigenvalue weighted by atomic mass is 16.5. The average molecular weight is 497 g/mol. The van der Waals surface area contributed by atoms with E-state index in [4.69, 9.17) is 19.6 Å². The standard InChI is InChI=1S/C30H32N4O3/c1-3-37-29(35)25-20-24(21-10-12-22(13-11-21)33-16-18-36-19-17-33)26-27(30(2)14-7-15-30)32-34(28(26)31-25)23-8-5-4-6-9-23/h4-6,8-13,20H,3,7,14-19H2,1-2H3. The molecule has 6 rings (SSSR count). The van der Waals surface area contributed by atoms with Crippen LogP contribution in [0.1, 0.15) is 49.3 Å². The van der Waals surface area contributed by atoms with Gasteiger partial charge < -0.3 is 14.4 Å². The third-order valence-electron chi connectivity index (χ3n) is 7.71. The van der Waals surface area contributed by atoms with Crippen molar-refractivity contribution in [2.75, 3.05) is 37.8 Å². The van der Waals surface area contributed by atoms with Crippen LogP contribution in [0.3, 0.4) is 0 Å². The van der Waals surface area contributed by atoms with Crippen molar-refractivity contribution in [1.82, 2.24) is 14.8 Å². The van der Waals surface area contributed by atoms with Gasteiger partial charge in [-0.05, 0) is 61.2 Å². The highest BCUT2D eigenvalue weighted by Crippen LogP contribution is 2.47. The van der Waals surface area contributed by atoms with Gasteiger partial charge in [0.1, 0.15) is 0 Å². The summed E-state index contributed by atoms with van der Waals surface area (Å²) in [6.45, 7) is 7.66. The summed E-state index contributed by atoms with van der Waals surface area (Å²) < 4.78 is 12.8. The molecule has 0 bridgehead atoms. The fourth-order valence-corrected chi connectivity index (χ4v) is 5.44. The maximum absolute atomic E-state index is 12.9. The number of ether oxygens (including phenoxy) is 2. The van der Waals surface area contributed by atoms with Crippen LogP contribution in [0.4, 0.5) is 5.69 Å². The van der Waals surface area contributed by atoms with E-state index in [9.17, 15) is 4.79 Å². The predicted molar refractivity (Wildman–Crippen MR) is 144 cm³/mol. The van der Waals surface area contributed by atoms with Crippen molar-refractivity contribution in [3.8, 4) is 16.8 Å². The third-order valence-corrected chi connectivity index (χ3v) is 7.71. The molecular formula is C30H32N4O3. The molecule has 1 saturated carbocycles. The molecule has 2 aliphatic rings. The Morgan fingerprint density at radius 3 is 2.41 bits per heavy atom. The molecule has 37 heavy (non-hydrogen) atoms. The molecule has 4 aromatic rings. The third kappa shape index (κ3) is 4.27. The first-order valence-corrected chi connectivity index (χ1v) is 13.2. The first-order valence-electron chi connectivity index (χ1n) is 13.2. The lowest BCUT2D eigenvalue weighted by Crippen LogP contribution is -2.36. The number of hydrogen-bond donors (Lipinski definition) is 0. The minimum Gasteiger partial charge on any atom is -0.461 e. The van der Waals surface area contributed by atoms with Crippen molar-refractivity contribution in [2.24, 2.45) is 0 Å². The Labute approximate surface area is 217 Å². The number of rotatable bonds is 6. The number of para-hydroxylation sites is 1. The van der Waals surface area contributed by atoms with Gasteiger partial charge in [-0.15, -0.1) is 0 Å². The van der Waals surface area contributed by atoms with Crippen molar-refractivity contribution in [3.05, 3.63) is 72.1 Å². The summed E-state index contributed by atoms with van der Waals surface area (Å²) in [5.41, 5.74) is 6.11. The molecule has 2 fully saturated rings. The first-order chi connectivity index (χ1) is 18.1. The minimum atomic E-state index is -0.423. The van der Waals surface area contributed by atoms with E-state index in [1.54, 1.807) is 0 Å². The van der Waals surface area contributed by atoms with E-state index in [-0.39, 0.29) is 5.41 Å². The van der Waals surface area contributed by atoms with Gasteiger partial charge in [0.25, 0.3) is 0 Å². The summed E-state index contributed by atoms with van der Waals surface area (Å²) in [6.07, 6.45) is 3.36. The number of carbonyl (C=O) groups is 1. The molecule has 2 aromatic heterocycles. The van der Waals surface area contributed by atoms with Gasteiger partial charge >= 0.3 is 5.97 Å². The SMILES string of the molecule is CCOC(=O)c1cc(-c2ccc(N3CCOCC3)cc2)c2c(C3(C)CCC3)nn(-c3ccccc3)c2n1. The van der Waals surface area contributed by atoms with Crippen LogP contribution in [0, 0.1) is 0 Å².